The fraction of sp³-hybridized carbons (Fsp3) is 0.294. The first-order valence-corrected chi connectivity index (χ1v) is 7.89. The molecule has 2 aromatic heterocycles. The minimum atomic E-state index is -0.0880. The third-order valence-electron chi connectivity index (χ3n) is 3.95. The molecule has 0 atom stereocenters. The molecule has 1 amide bonds. The van der Waals surface area contributed by atoms with Crippen LogP contribution in [0.25, 0.3) is 11.4 Å². The number of benzene rings is 1. The van der Waals surface area contributed by atoms with E-state index in [2.05, 4.69) is 30.7 Å². The molecule has 25 heavy (non-hydrogen) atoms. The minimum Gasteiger partial charge on any atom is -0.497 e. The number of carbonyl (C=O) groups excluding carboxylic acids is 1. The Morgan fingerprint density at radius 1 is 1.16 bits per heavy atom. The zero-order valence-electron chi connectivity index (χ0n) is 14.4. The van der Waals surface area contributed by atoms with Gasteiger partial charge in [-0.2, -0.15) is 10.2 Å². The predicted molar refractivity (Wildman–Crippen MR) is 92.0 cm³/mol. The lowest BCUT2D eigenvalue weighted by molar-refractivity contribution is -0.120. The van der Waals surface area contributed by atoms with E-state index in [4.69, 9.17) is 4.74 Å². The third kappa shape index (κ3) is 3.85. The van der Waals surface area contributed by atoms with Gasteiger partial charge in [0.1, 0.15) is 11.6 Å². The molecule has 0 aliphatic heterocycles. The lowest BCUT2D eigenvalue weighted by Gasteiger charge is -2.03. The number of nitrogens with one attached hydrogen (secondary N) is 3. The van der Waals surface area contributed by atoms with Crippen molar-refractivity contribution in [3.63, 3.8) is 0 Å². The molecule has 0 fully saturated rings. The number of ether oxygens (including phenoxy) is 1. The summed E-state index contributed by atoms with van der Waals surface area (Å²) in [4.78, 5) is 16.5. The van der Waals surface area contributed by atoms with Gasteiger partial charge in [0.05, 0.1) is 25.8 Å². The van der Waals surface area contributed by atoms with Crippen molar-refractivity contribution < 1.29 is 9.53 Å². The van der Waals surface area contributed by atoms with Gasteiger partial charge in [-0.25, -0.2) is 4.98 Å². The summed E-state index contributed by atoms with van der Waals surface area (Å²) in [6, 6.07) is 7.47. The maximum atomic E-state index is 12.1. The van der Waals surface area contributed by atoms with Crippen LogP contribution in [0.1, 0.15) is 22.8 Å². The van der Waals surface area contributed by atoms with Gasteiger partial charge in [-0.3, -0.25) is 15.0 Å². The normalized spacial score (nSPS) is 10.7. The molecule has 3 rings (SSSR count). The summed E-state index contributed by atoms with van der Waals surface area (Å²) in [6.45, 7) is 4.07. The van der Waals surface area contributed by atoms with Gasteiger partial charge in [0.15, 0.2) is 5.82 Å². The Hall–Kier alpha value is -3.16. The van der Waals surface area contributed by atoms with Crippen LogP contribution < -0.4 is 10.1 Å². The van der Waals surface area contributed by atoms with Crippen molar-refractivity contribution in [2.24, 2.45) is 0 Å². The van der Waals surface area contributed by atoms with E-state index in [0.717, 1.165) is 28.3 Å². The Labute approximate surface area is 145 Å². The summed E-state index contributed by atoms with van der Waals surface area (Å²) in [5.41, 5.74) is 3.55. The SMILES string of the molecule is COc1ccc(-c2n[nH]c(CNC(=O)Cc3c(C)n[nH]c3C)n2)cc1. The second-order valence-corrected chi connectivity index (χ2v) is 5.70. The minimum absolute atomic E-state index is 0.0880. The summed E-state index contributed by atoms with van der Waals surface area (Å²) in [5, 5.41) is 16.8. The molecular formula is C17H20N6O2. The van der Waals surface area contributed by atoms with E-state index in [1.54, 1.807) is 7.11 Å². The van der Waals surface area contributed by atoms with Crippen molar-refractivity contribution in [2.45, 2.75) is 26.8 Å². The lowest BCUT2D eigenvalue weighted by Crippen LogP contribution is -2.25. The number of aryl methyl sites for hydroxylation is 2. The van der Waals surface area contributed by atoms with Crippen molar-refractivity contribution in [1.29, 1.82) is 0 Å². The molecule has 0 aliphatic carbocycles. The largest absolute Gasteiger partial charge is 0.497 e. The molecule has 0 saturated carbocycles. The number of aromatic amines is 2. The molecule has 3 N–H and O–H groups in total. The van der Waals surface area contributed by atoms with Gasteiger partial charge in [-0.05, 0) is 38.1 Å². The van der Waals surface area contributed by atoms with E-state index < -0.39 is 0 Å². The molecule has 0 saturated heterocycles. The predicted octanol–water partition coefficient (Wildman–Crippen LogP) is 1.68. The van der Waals surface area contributed by atoms with Crippen molar-refractivity contribution in [1.82, 2.24) is 30.7 Å². The van der Waals surface area contributed by atoms with Gasteiger partial charge in [0.25, 0.3) is 0 Å². The highest BCUT2D eigenvalue weighted by molar-refractivity contribution is 5.79. The molecule has 8 heteroatoms. The van der Waals surface area contributed by atoms with Crippen LogP contribution in [0.3, 0.4) is 0 Å². The molecule has 0 unspecified atom stereocenters. The number of H-pyrrole nitrogens is 2. The smallest absolute Gasteiger partial charge is 0.224 e. The van der Waals surface area contributed by atoms with Crippen LogP contribution in [0, 0.1) is 13.8 Å². The molecule has 2 heterocycles. The summed E-state index contributed by atoms with van der Waals surface area (Å²) in [6.07, 6.45) is 0.285. The number of hydrogen-bond acceptors (Lipinski definition) is 5. The van der Waals surface area contributed by atoms with Crippen LogP contribution in [0.5, 0.6) is 5.75 Å². The van der Waals surface area contributed by atoms with Crippen LogP contribution in [-0.2, 0) is 17.8 Å². The van der Waals surface area contributed by atoms with Crippen LogP contribution >= 0.6 is 0 Å². The average molecular weight is 340 g/mol. The molecule has 0 spiro atoms. The summed E-state index contributed by atoms with van der Waals surface area (Å²) < 4.78 is 5.13. The summed E-state index contributed by atoms with van der Waals surface area (Å²) in [7, 11) is 1.62. The molecule has 8 nitrogen and oxygen atoms in total. The third-order valence-corrected chi connectivity index (χ3v) is 3.95. The molecule has 130 valence electrons. The van der Waals surface area contributed by atoms with Crippen molar-refractivity contribution in [3.8, 4) is 17.1 Å². The van der Waals surface area contributed by atoms with Crippen LogP contribution in [0.2, 0.25) is 0 Å². The lowest BCUT2D eigenvalue weighted by atomic mass is 10.1. The molecule has 0 aliphatic rings. The first-order valence-electron chi connectivity index (χ1n) is 7.89. The number of carbonyl (C=O) groups is 1. The molecule has 1 aromatic carbocycles. The Morgan fingerprint density at radius 3 is 2.56 bits per heavy atom. The van der Waals surface area contributed by atoms with Crippen LogP contribution in [-0.4, -0.2) is 38.4 Å². The van der Waals surface area contributed by atoms with Crippen LogP contribution in [0.15, 0.2) is 24.3 Å². The number of nitrogens with zero attached hydrogens (tertiary/aromatic N) is 3. The van der Waals surface area contributed by atoms with E-state index in [1.807, 2.05) is 38.1 Å². The summed E-state index contributed by atoms with van der Waals surface area (Å²) >= 11 is 0. The van der Waals surface area contributed by atoms with E-state index in [1.165, 1.54) is 0 Å². The maximum absolute atomic E-state index is 12.1. The van der Waals surface area contributed by atoms with E-state index in [-0.39, 0.29) is 18.9 Å². The molecular weight excluding hydrogens is 320 g/mol. The van der Waals surface area contributed by atoms with Gasteiger partial charge in [0.2, 0.25) is 5.91 Å². The van der Waals surface area contributed by atoms with E-state index in [0.29, 0.717) is 11.6 Å². The van der Waals surface area contributed by atoms with Crippen molar-refractivity contribution in [3.05, 3.63) is 47.0 Å². The topological polar surface area (TPSA) is 109 Å². The fourth-order valence-electron chi connectivity index (χ4n) is 2.48. The monoisotopic (exact) mass is 340 g/mol. The number of hydrogen-bond donors (Lipinski definition) is 3. The fourth-order valence-corrected chi connectivity index (χ4v) is 2.48. The highest BCUT2D eigenvalue weighted by atomic mass is 16.5. The number of amides is 1. The van der Waals surface area contributed by atoms with E-state index in [9.17, 15) is 4.79 Å². The van der Waals surface area contributed by atoms with Crippen molar-refractivity contribution in [2.75, 3.05) is 7.11 Å². The van der Waals surface area contributed by atoms with Gasteiger partial charge >= 0.3 is 0 Å². The molecule has 0 bridgehead atoms. The summed E-state index contributed by atoms with van der Waals surface area (Å²) in [5.74, 6) is 1.86. The van der Waals surface area contributed by atoms with Crippen LogP contribution in [0.4, 0.5) is 0 Å². The zero-order valence-corrected chi connectivity index (χ0v) is 14.4. The van der Waals surface area contributed by atoms with Gasteiger partial charge in [-0.1, -0.05) is 0 Å². The zero-order chi connectivity index (χ0) is 17.8. The number of rotatable bonds is 6. The first kappa shape index (κ1) is 16.7. The molecule has 0 radical (unpaired) electrons. The highest BCUT2D eigenvalue weighted by Crippen LogP contribution is 2.18. The quantitative estimate of drug-likeness (QED) is 0.632. The first-order chi connectivity index (χ1) is 12.1. The Bertz CT molecular complexity index is 846. The second kappa shape index (κ2) is 7.16. The number of aromatic nitrogens is 5. The standard InChI is InChI=1S/C17H20N6O2/c1-10-14(11(2)21-20-10)8-16(24)18-9-15-19-17(23-22-15)12-4-6-13(25-3)7-5-12/h4-7H,8-9H2,1-3H3,(H,18,24)(H,20,21)(H,19,22,23). The maximum Gasteiger partial charge on any atom is 0.224 e. The van der Waals surface area contributed by atoms with Gasteiger partial charge in [-0.15, -0.1) is 0 Å². The van der Waals surface area contributed by atoms with E-state index >= 15 is 0 Å². The van der Waals surface area contributed by atoms with Gasteiger partial charge in [0, 0.05) is 16.8 Å². The second-order valence-electron chi connectivity index (χ2n) is 5.70. The van der Waals surface area contributed by atoms with Crippen molar-refractivity contribution >= 4 is 5.91 Å². The molecule has 3 aromatic rings. The number of methoxy groups -OCH3 is 1. The Morgan fingerprint density at radius 2 is 1.92 bits per heavy atom. The van der Waals surface area contributed by atoms with Gasteiger partial charge < -0.3 is 10.1 Å². The average Bonchev–Trinajstić information content (AvgIpc) is 3.22. The Balaban J connectivity index is 1.58. The highest BCUT2D eigenvalue weighted by Gasteiger charge is 2.12. The Kier molecular flexibility index (Phi) is 4.78.